The van der Waals surface area contributed by atoms with Gasteiger partial charge in [0.2, 0.25) is 0 Å². The maximum atomic E-state index is 14.0. The normalized spacial score (nSPS) is 26.9. The summed E-state index contributed by atoms with van der Waals surface area (Å²) in [5.41, 5.74) is -3.46. The predicted octanol–water partition coefficient (Wildman–Crippen LogP) is 2.02. The Bertz CT molecular complexity index is 494. The molecule has 23 heavy (non-hydrogen) atoms. The van der Waals surface area contributed by atoms with Gasteiger partial charge in [-0.25, -0.2) is 4.39 Å². The molecule has 7 heteroatoms. The van der Waals surface area contributed by atoms with Gasteiger partial charge in [0.05, 0.1) is 10.8 Å². The van der Waals surface area contributed by atoms with Gasteiger partial charge in [-0.2, -0.15) is 0 Å². The minimum Gasteiger partial charge on any atom is -0.459 e. The van der Waals surface area contributed by atoms with Crippen molar-refractivity contribution >= 4 is 18.2 Å². The molecule has 6 nitrogen and oxygen atoms in total. The number of alkyl halides is 1. The van der Waals surface area contributed by atoms with Gasteiger partial charge in [0.15, 0.2) is 12.3 Å². The Morgan fingerprint density at radius 2 is 1.70 bits per heavy atom. The Morgan fingerprint density at radius 1 is 1.22 bits per heavy atom. The van der Waals surface area contributed by atoms with Gasteiger partial charge in [0.25, 0.3) is 0 Å². The SMILES string of the molecule is CC(C)(C)C(=O)OC1CC1(O)[C@@H](OC(=O)C(C)(C)C)[C@H](F)C=N. The lowest BCUT2D eigenvalue weighted by Gasteiger charge is -2.28. The number of halogens is 1. The van der Waals surface area contributed by atoms with Crippen LogP contribution in [-0.2, 0) is 19.1 Å². The second-order valence-corrected chi connectivity index (χ2v) is 8.03. The quantitative estimate of drug-likeness (QED) is 0.593. The Hall–Kier alpha value is -1.50. The Kier molecular flexibility index (Phi) is 5.26. The molecule has 2 N–H and O–H groups in total. The van der Waals surface area contributed by atoms with Gasteiger partial charge >= 0.3 is 11.9 Å². The number of hydrogen-bond donors (Lipinski definition) is 2. The van der Waals surface area contributed by atoms with E-state index in [0.717, 1.165) is 0 Å². The molecule has 0 aromatic heterocycles. The molecule has 0 saturated heterocycles. The van der Waals surface area contributed by atoms with Crippen LogP contribution in [0, 0.1) is 16.2 Å². The number of aliphatic hydroxyl groups is 1. The minimum atomic E-state index is -1.98. The van der Waals surface area contributed by atoms with Crippen molar-refractivity contribution in [1.82, 2.24) is 0 Å². The molecule has 0 bridgehead atoms. The highest BCUT2D eigenvalue weighted by atomic mass is 19.1. The highest BCUT2D eigenvalue weighted by Gasteiger charge is 2.65. The summed E-state index contributed by atoms with van der Waals surface area (Å²) < 4.78 is 24.3. The third kappa shape index (κ3) is 4.50. The van der Waals surface area contributed by atoms with Crippen molar-refractivity contribution in [2.24, 2.45) is 10.8 Å². The molecule has 0 spiro atoms. The second kappa shape index (κ2) is 6.19. The van der Waals surface area contributed by atoms with Gasteiger partial charge in [-0.1, -0.05) is 0 Å². The molecule has 0 aromatic rings. The van der Waals surface area contributed by atoms with Crippen LogP contribution in [0.5, 0.6) is 0 Å². The summed E-state index contributed by atoms with van der Waals surface area (Å²) in [6.45, 7) is 9.75. The third-order valence-electron chi connectivity index (χ3n) is 3.56. The topological polar surface area (TPSA) is 96.7 Å². The van der Waals surface area contributed by atoms with Crippen LogP contribution < -0.4 is 0 Å². The summed E-state index contributed by atoms with van der Waals surface area (Å²) in [5.74, 6) is -1.24. The first-order valence-electron chi connectivity index (χ1n) is 7.52. The molecule has 4 atom stereocenters. The fraction of sp³-hybridized carbons (Fsp3) is 0.812. The van der Waals surface area contributed by atoms with Gasteiger partial charge in [-0.15, -0.1) is 0 Å². The molecule has 1 saturated carbocycles. The van der Waals surface area contributed by atoms with Crippen LogP contribution in [-0.4, -0.2) is 47.2 Å². The zero-order valence-electron chi connectivity index (χ0n) is 14.5. The van der Waals surface area contributed by atoms with E-state index in [1.165, 1.54) is 0 Å². The number of esters is 2. The van der Waals surface area contributed by atoms with Crippen molar-refractivity contribution in [2.45, 2.75) is 71.9 Å². The van der Waals surface area contributed by atoms with Crippen molar-refractivity contribution in [3.63, 3.8) is 0 Å². The van der Waals surface area contributed by atoms with Crippen LogP contribution in [0.1, 0.15) is 48.0 Å². The van der Waals surface area contributed by atoms with Crippen LogP contribution in [0.25, 0.3) is 0 Å². The average molecular weight is 331 g/mol. The number of nitrogens with one attached hydrogen (secondary N) is 1. The summed E-state index contributed by atoms with van der Waals surface area (Å²) >= 11 is 0. The van der Waals surface area contributed by atoms with E-state index in [2.05, 4.69) is 0 Å². The number of carbonyl (C=O) groups is 2. The number of hydrogen-bond acceptors (Lipinski definition) is 6. The lowest BCUT2D eigenvalue weighted by atomic mass is 9.96. The summed E-state index contributed by atoms with van der Waals surface area (Å²) in [6.07, 6.45) is -4.09. The zero-order chi connectivity index (χ0) is 18.2. The number of rotatable bonds is 5. The maximum absolute atomic E-state index is 14.0. The lowest BCUT2D eigenvalue weighted by molar-refractivity contribution is -0.175. The highest BCUT2D eigenvalue weighted by molar-refractivity contribution is 5.77. The molecule has 0 aliphatic heterocycles. The van der Waals surface area contributed by atoms with E-state index in [9.17, 15) is 19.1 Å². The van der Waals surface area contributed by atoms with Crippen LogP contribution in [0.15, 0.2) is 0 Å². The summed E-state index contributed by atoms with van der Waals surface area (Å²) in [4.78, 5) is 23.8. The predicted molar refractivity (Wildman–Crippen MR) is 81.9 cm³/mol. The fourth-order valence-electron chi connectivity index (χ4n) is 1.81. The van der Waals surface area contributed by atoms with E-state index in [0.29, 0.717) is 6.21 Å². The number of carbonyl (C=O) groups excluding carboxylic acids is 2. The molecule has 0 radical (unpaired) electrons. The first-order chi connectivity index (χ1) is 10.2. The molecule has 0 heterocycles. The Balaban J connectivity index is 2.87. The van der Waals surface area contributed by atoms with E-state index in [1.54, 1.807) is 41.5 Å². The largest absolute Gasteiger partial charge is 0.459 e. The van der Waals surface area contributed by atoms with Crippen molar-refractivity contribution in [3.8, 4) is 0 Å². The van der Waals surface area contributed by atoms with Gasteiger partial charge < -0.3 is 20.0 Å². The molecule has 0 aromatic carbocycles. The highest BCUT2D eigenvalue weighted by Crippen LogP contribution is 2.46. The van der Waals surface area contributed by atoms with Crippen molar-refractivity contribution in [2.75, 3.05) is 0 Å². The van der Waals surface area contributed by atoms with Crippen LogP contribution in [0.3, 0.4) is 0 Å². The molecule has 2 unspecified atom stereocenters. The smallest absolute Gasteiger partial charge is 0.311 e. The van der Waals surface area contributed by atoms with Crippen LogP contribution in [0.2, 0.25) is 0 Å². The first kappa shape index (κ1) is 19.5. The Labute approximate surface area is 135 Å². The van der Waals surface area contributed by atoms with E-state index in [-0.39, 0.29) is 6.42 Å². The summed E-state index contributed by atoms with van der Waals surface area (Å²) in [7, 11) is 0. The summed E-state index contributed by atoms with van der Waals surface area (Å²) in [5, 5.41) is 17.5. The molecule has 1 aliphatic rings. The second-order valence-electron chi connectivity index (χ2n) is 8.03. The standard InChI is InChI=1S/C16H26FNO5/c1-14(2,3)12(19)22-10-7-16(10,21)11(9(17)8-18)23-13(20)15(4,5)6/h8-11,18,21H,7H2,1-6H3/t9-,10?,11+,16?/m1/s1. The van der Waals surface area contributed by atoms with E-state index < -0.39 is 46.7 Å². The third-order valence-corrected chi connectivity index (χ3v) is 3.56. The zero-order valence-corrected chi connectivity index (χ0v) is 14.5. The minimum absolute atomic E-state index is 0.0365. The van der Waals surface area contributed by atoms with Crippen molar-refractivity contribution in [3.05, 3.63) is 0 Å². The number of ether oxygens (including phenoxy) is 2. The molecule has 132 valence electrons. The van der Waals surface area contributed by atoms with Gasteiger partial charge in [-0.05, 0) is 41.5 Å². The average Bonchev–Trinajstić information content (AvgIpc) is 3.03. The van der Waals surface area contributed by atoms with Crippen LogP contribution >= 0.6 is 0 Å². The van der Waals surface area contributed by atoms with Gasteiger partial charge in [0.1, 0.15) is 11.7 Å². The van der Waals surface area contributed by atoms with E-state index in [1.807, 2.05) is 0 Å². The monoisotopic (exact) mass is 331 g/mol. The first-order valence-corrected chi connectivity index (χ1v) is 7.52. The molecule has 1 rings (SSSR count). The maximum Gasteiger partial charge on any atom is 0.311 e. The fourth-order valence-corrected chi connectivity index (χ4v) is 1.81. The molecule has 0 amide bonds. The molecular weight excluding hydrogens is 305 g/mol. The van der Waals surface area contributed by atoms with Crippen LogP contribution in [0.4, 0.5) is 4.39 Å². The van der Waals surface area contributed by atoms with Crippen molar-refractivity contribution < 1.29 is 28.6 Å². The van der Waals surface area contributed by atoms with E-state index in [4.69, 9.17) is 14.9 Å². The molecular formula is C16H26FNO5. The molecule has 1 aliphatic carbocycles. The van der Waals surface area contributed by atoms with Crippen molar-refractivity contribution in [1.29, 1.82) is 5.41 Å². The van der Waals surface area contributed by atoms with E-state index >= 15 is 0 Å². The lowest BCUT2D eigenvalue weighted by Crippen LogP contribution is -2.46. The van der Waals surface area contributed by atoms with Gasteiger partial charge in [-0.3, -0.25) is 9.59 Å². The molecule has 1 fully saturated rings. The van der Waals surface area contributed by atoms with Gasteiger partial charge in [0, 0.05) is 12.6 Å². The summed E-state index contributed by atoms with van der Waals surface area (Å²) in [6, 6.07) is 0. The Morgan fingerprint density at radius 3 is 2.09 bits per heavy atom.